The number of halogens is 1. The van der Waals surface area contributed by atoms with E-state index in [4.69, 9.17) is 37.6 Å². The molecule has 0 spiro atoms. The Morgan fingerprint density at radius 2 is 2.20 bits per heavy atom. The van der Waals surface area contributed by atoms with Gasteiger partial charge in [-0.05, 0) is 6.07 Å². The zero-order chi connectivity index (χ0) is 11.0. The summed E-state index contributed by atoms with van der Waals surface area (Å²) < 4.78 is 10.8. The molecule has 1 aliphatic rings. The third-order valence-corrected chi connectivity index (χ3v) is 2.47. The first kappa shape index (κ1) is 10.2. The van der Waals surface area contributed by atoms with E-state index in [9.17, 15) is 0 Å². The molecule has 82 valence electrons. The fourth-order valence-electron chi connectivity index (χ4n) is 1.37. The van der Waals surface area contributed by atoms with Crippen LogP contribution in [0.3, 0.4) is 0 Å². The number of nitrogens with two attached hydrogens (primary N) is 2. The van der Waals surface area contributed by atoms with Crippen LogP contribution in [0, 0.1) is 0 Å². The average Bonchev–Trinajstić information content (AvgIpc) is 2.25. The molecule has 0 bridgehead atoms. The molecule has 6 heteroatoms. The first-order valence-electron chi connectivity index (χ1n) is 4.41. The van der Waals surface area contributed by atoms with E-state index < -0.39 is 6.10 Å². The predicted molar refractivity (Wildman–Crippen MR) is 57.3 cm³/mol. The van der Waals surface area contributed by atoms with Crippen molar-refractivity contribution in [2.24, 2.45) is 0 Å². The second-order valence-corrected chi connectivity index (χ2v) is 3.66. The van der Waals surface area contributed by atoms with Crippen LogP contribution in [0.2, 0.25) is 5.02 Å². The molecule has 1 heterocycles. The second-order valence-electron chi connectivity index (χ2n) is 3.25. The van der Waals surface area contributed by atoms with Crippen molar-refractivity contribution in [2.75, 3.05) is 24.7 Å². The van der Waals surface area contributed by atoms with Crippen molar-refractivity contribution in [3.8, 4) is 11.5 Å². The third-order valence-electron chi connectivity index (χ3n) is 2.15. The Morgan fingerprint density at radius 1 is 1.47 bits per heavy atom. The molecule has 0 aliphatic carbocycles. The summed E-state index contributed by atoms with van der Waals surface area (Å²) in [5.41, 5.74) is 12.1. The van der Waals surface area contributed by atoms with Crippen LogP contribution in [0.15, 0.2) is 6.07 Å². The molecule has 0 saturated carbocycles. The molecule has 1 aliphatic heterocycles. The Labute approximate surface area is 91.5 Å². The van der Waals surface area contributed by atoms with Crippen LogP contribution < -0.4 is 20.9 Å². The molecule has 0 radical (unpaired) electrons. The second kappa shape index (κ2) is 3.67. The number of hydrogen-bond donors (Lipinski definition) is 3. The minimum atomic E-state index is -0.416. The monoisotopic (exact) mass is 230 g/mol. The van der Waals surface area contributed by atoms with Crippen molar-refractivity contribution in [1.29, 1.82) is 0 Å². The van der Waals surface area contributed by atoms with Gasteiger partial charge in [-0.3, -0.25) is 0 Å². The van der Waals surface area contributed by atoms with E-state index in [-0.39, 0.29) is 13.2 Å². The van der Waals surface area contributed by atoms with Gasteiger partial charge < -0.3 is 26.0 Å². The molecule has 5 nitrogen and oxygen atoms in total. The van der Waals surface area contributed by atoms with Crippen LogP contribution in [0.1, 0.15) is 0 Å². The molecular formula is C9H11ClN2O3. The highest BCUT2D eigenvalue weighted by Gasteiger charge is 2.25. The maximum absolute atomic E-state index is 8.93. The fraction of sp³-hybridized carbons (Fsp3) is 0.333. The SMILES string of the molecule is Nc1cc(Cl)c(N)c2c1OC(CO)CO2. The van der Waals surface area contributed by atoms with E-state index in [1.54, 1.807) is 0 Å². The van der Waals surface area contributed by atoms with Crippen molar-refractivity contribution in [3.05, 3.63) is 11.1 Å². The van der Waals surface area contributed by atoms with Crippen LogP contribution in [0.5, 0.6) is 11.5 Å². The molecular weight excluding hydrogens is 220 g/mol. The normalized spacial score (nSPS) is 18.9. The Bertz CT molecular complexity index is 397. The highest BCUT2D eigenvalue weighted by molar-refractivity contribution is 6.34. The number of anilines is 2. The first-order chi connectivity index (χ1) is 7.13. The summed E-state index contributed by atoms with van der Waals surface area (Å²) in [5.74, 6) is 0.701. The van der Waals surface area contributed by atoms with Gasteiger partial charge in [-0.2, -0.15) is 0 Å². The van der Waals surface area contributed by atoms with Crippen molar-refractivity contribution in [1.82, 2.24) is 0 Å². The van der Waals surface area contributed by atoms with Crippen LogP contribution in [0.4, 0.5) is 11.4 Å². The van der Waals surface area contributed by atoms with Gasteiger partial charge in [0.25, 0.3) is 0 Å². The van der Waals surface area contributed by atoms with Gasteiger partial charge in [0.2, 0.25) is 0 Å². The quantitative estimate of drug-likeness (QED) is 0.616. The maximum Gasteiger partial charge on any atom is 0.188 e. The fourth-order valence-corrected chi connectivity index (χ4v) is 1.58. The number of fused-ring (bicyclic) bond motifs is 1. The summed E-state index contributed by atoms with van der Waals surface area (Å²) in [4.78, 5) is 0. The lowest BCUT2D eigenvalue weighted by molar-refractivity contribution is 0.0469. The lowest BCUT2D eigenvalue weighted by atomic mass is 10.2. The lowest BCUT2D eigenvalue weighted by Gasteiger charge is -2.27. The van der Waals surface area contributed by atoms with Crippen LogP contribution in [0.25, 0.3) is 0 Å². The topological polar surface area (TPSA) is 90.7 Å². The molecule has 5 N–H and O–H groups in total. The summed E-state index contributed by atoms with van der Waals surface area (Å²) in [5, 5.41) is 9.26. The van der Waals surface area contributed by atoms with E-state index in [0.717, 1.165) is 0 Å². The summed E-state index contributed by atoms with van der Waals surface area (Å²) in [6.07, 6.45) is -0.416. The molecule has 1 atom stereocenters. The maximum atomic E-state index is 8.93. The van der Waals surface area contributed by atoms with Gasteiger partial charge in [0.1, 0.15) is 6.61 Å². The number of ether oxygens (including phenoxy) is 2. The lowest BCUT2D eigenvalue weighted by Crippen LogP contribution is -2.33. The molecule has 0 saturated heterocycles. The highest BCUT2D eigenvalue weighted by atomic mass is 35.5. The molecule has 1 aromatic rings. The number of hydrogen-bond acceptors (Lipinski definition) is 5. The molecule has 1 aromatic carbocycles. The van der Waals surface area contributed by atoms with Gasteiger partial charge in [-0.1, -0.05) is 11.6 Å². The molecule has 0 aromatic heterocycles. The van der Waals surface area contributed by atoms with E-state index in [2.05, 4.69) is 0 Å². The van der Waals surface area contributed by atoms with E-state index in [1.807, 2.05) is 0 Å². The summed E-state index contributed by atoms with van der Waals surface area (Å²) >= 11 is 5.83. The van der Waals surface area contributed by atoms with Crippen LogP contribution in [-0.2, 0) is 0 Å². The molecule has 15 heavy (non-hydrogen) atoms. The van der Waals surface area contributed by atoms with Gasteiger partial charge in [-0.15, -0.1) is 0 Å². The summed E-state index contributed by atoms with van der Waals surface area (Å²) in [6.45, 7) is 0.0922. The van der Waals surface area contributed by atoms with Gasteiger partial charge in [0.15, 0.2) is 17.6 Å². The smallest absolute Gasteiger partial charge is 0.188 e. The van der Waals surface area contributed by atoms with Crippen molar-refractivity contribution in [3.63, 3.8) is 0 Å². The van der Waals surface area contributed by atoms with Gasteiger partial charge in [0, 0.05) is 0 Å². The van der Waals surface area contributed by atoms with Gasteiger partial charge >= 0.3 is 0 Å². The van der Waals surface area contributed by atoms with Crippen LogP contribution in [-0.4, -0.2) is 24.4 Å². The van der Waals surface area contributed by atoms with E-state index >= 15 is 0 Å². The number of benzene rings is 1. The van der Waals surface area contributed by atoms with Gasteiger partial charge in [0.05, 0.1) is 23.0 Å². The Hall–Kier alpha value is -1.33. The van der Waals surface area contributed by atoms with Crippen molar-refractivity contribution >= 4 is 23.0 Å². The average molecular weight is 231 g/mol. The summed E-state index contributed by atoms with van der Waals surface area (Å²) in [6, 6.07) is 1.50. The van der Waals surface area contributed by atoms with Gasteiger partial charge in [-0.25, -0.2) is 0 Å². The number of rotatable bonds is 1. The predicted octanol–water partition coefficient (Wildman–Crippen LogP) is 0.637. The first-order valence-corrected chi connectivity index (χ1v) is 4.79. The minimum Gasteiger partial charge on any atom is -0.483 e. The Morgan fingerprint density at radius 3 is 2.87 bits per heavy atom. The largest absolute Gasteiger partial charge is 0.483 e. The van der Waals surface area contributed by atoms with Crippen molar-refractivity contribution < 1.29 is 14.6 Å². The minimum absolute atomic E-state index is 0.137. The molecule has 2 rings (SSSR count). The zero-order valence-corrected chi connectivity index (χ0v) is 8.62. The Balaban J connectivity index is 2.47. The van der Waals surface area contributed by atoms with Crippen LogP contribution >= 0.6 is 11.6 Å². The molecule has 0 fully saturated rings. The van der Waals surface area contributed by atoms with E-state index in [0.29, 0.717) is 27.9 Å². The number of aliphatic hydroxyl groups is 1. The van der Waals surface area contributed by atoms with Crippen molar-refractivity contribution in [2.45, 2.75) is 6.10 Å². The third kappa shape index (κ3) is 1.64. The Kier molecular flexibility index (Phi) is 2.50. The summed E-state index contributed by atoms with van der Waals surface area (Å²) in [7, 11) is 0. The van der Waals surface area contributed by atoms with E-state index in [1.165, 1.54) is 6.07 Å². The number of aliphatic hydroxyl groups excluding tert-OH is 1. The molecule has 1 unspecified atom stereocenters. The number of nitrogen functional groups attached to an aromatic ring is 2. The highest BCUT2D eigenvalue weighted by Crippen LogP contribution is 2.45. The molecule has 0 amide bonds. The zero-order valence-electron chi connectivity index (χ0n) is 7.87. The standard InChI is InChI=1S/C9H11ClN2O3/c10-5-1-6(11)8-9(7(5)12)14-3-4(2-13)15-8/h1,4,13H,2-3,11-12H2.